The molecule has 2 amide bonds. The monoisotopic (exact) mass is 346 g/mol. The number of hydrogen-bond acceptors (Lipinski definition) is 4. The van der Waals surface area contributed by atoms with Crippen molar-refractivity contribution in [3.05, 3.63) is 54.6 Å². The Labute approximate surface area is 141 Å². The summed E-state index contributed by atoms with van der Waals surface area (Å²) in [6.07, 6.45) is 0. The predicted molar refractivity (Wildman–Crippen MR) is 90.0 cm³/mol. The van der Waals surface area contributed by atoms with Gasteiger partial charge in [-0.3, -0.25) is 0 Å². The number of hydrogen-bond donors (Lipinski definition) is 1. The van der Waals surface area contributed by atoms with Gasteiger partial charge in [-0.1, -0.05) is 42.5 Å². The van der Waals surface area contributed by atoms with Gasteiger partial charge in [0.2, 0.25) is 0 Å². The van der Waals surface area contributed by atoms with Crippen molar-refractivity contribution in [2.75, 3.05) is 26.3 Å². The molecule has 0 unspecified atom stereocenters. The summed E-state index contributed by atoms with van der Waals surface area (Å²) in [5.41, 5.74) is 1.91. The Morgan fingerprint density at radius 2 is 1.50 bits per heavy atom. The first-order chi connectivity index (χ1) is 11.6. The first kappa shape index (κ1) is 16.5. The smallest absolute Gasteiger partial charge is 0.331 e. The summed E-state index contributed by atoms with van der Waals surface area (Å²) in [5, 5.41) is 0. The number of nitrogens with zero attached hydrogens (tertiary/aromatic N) is 1. The summed E-state index contributed by atoms with van der Waals surface area (Å²) in [4.78, 5) is 13.5. The standard InChI is InChI=1S/C17H18N2O4S/c20-17(19-10-12-23-13-11-19)18-24(21,22)16-8-6-15(7-9-16)14-4-2-1-3-5-14/h1-9H,10-13H2,(H,18,20). The fourth-order valence-corrected chi connectivity index (χ4v) is 3.43. The maximum atomic E-state index is 12.3. The third-order valence-electron chi connectivity index (χ3n) is 3.79. The van der Waals surface area contributed by atoms with E-state index in [4.69, 9.17) is 4.74 Å². The summed E-state index contributed by atoms with van der Waals surface area (Å²) in [6, 6.07) is 15.5. The SMILES string of the molecule is O=C(NS(=O)(=O)c1ccc(-c2ccccc2)cc1)N1CCOCC1. The van der Waals surface area contributed by atoms with Crippen LogP contribution in [0.1, 0.15) is 0 Å². The molecule has 0 spiro atoms. The van der Waals surface area contributed by atoms with Crippen molar-refractivity contribution in [1.82, 2.24) is 9.62 Å². The summed E-state index contributed by atoms with van der Waals surface area (Å²) >= 11 is 0. The molecule has 0 radical (unpaired) electrons. The van der Waals surface area contributed by atoms with Crippen LogP contribution in [0.25, 0.3) is 11.1 Å². The van der Waals surface area contributed by atoms with Crippen LogP contribution in [-0.4, -0.2) is 45.7 Å². The summed E-state index contributed by atoms with van der Waals surface area (Å²) in [5.74, 6) is 0. The van der Waals surface area contributed by atoms with Gasteiger partial charge >= 0.3 is 6.03 Å². The molecule has 2 aromatic rings. The lowest BCUT2D eigenvalue weighted by Crippen LogP contribution is -2.47. The average Bonchev–Trinajstić information content (AvgIpc) is 2.63. The number of ether oxygens (including phenoxy) is 1. The molecule has 7 heteroatoms. The normalized spacial score (nSPS) is 15.1. The predicted octanol–water partition coefficient (Wildman–Crippen LogP) is 2.08. The fraction of sp³-hybridized carbons (Fsp3) is 0.235. The van der Waals surface area contributed by atoms with Crippen LogP contribution in [0.3, 0.4) is 0 Å². The maximum absolute atomic E-state index is 12.3. The van der Waals surface area contributed by atoms with Gasteiger partial charge in [-0.05, 0) is 23.3 Å². The van der Waals surface area contributed by atoms with Gasteiger partial charge in [-0.25, -0.2) is 17.9 Å². The number of rotatable bonds is 3. The van der Waals surface area contributed by atoms with Crippen molar-refractivity contribution in [2.24, 2.45) is 0 Å². The highest BCUT2D eigenvalue weighted by Crippen LogP contribution is 2.21. The Bertz CT molecular complexity index is 798. The van der Waals surface area contributed by atoms with Crippen LogP contribution in [-0.2, 0) is 14.8 Å². The Kier molecular flexibility index (Phi) is 4.82. The first-order valence-electron chi connectivity index (χ1n) is 7.61. The third-order valence-corrected chi connectivity index (χ3v) is 5.13. The van der Waals surface area contributed by atoms with Crippen LogP contribution in [0.2, 0.25) is 0 Å². The van der Waals surface area contributed by atoms with E-state index < -0.39 is 16.1 Å². The van der Waals surface area contributed by atoms with E-state index >= 15 is 0 Å². The highest BCUT2D eigenvalue weighted by atomic mass is 32.2. The van der Waals surface area contributed by atoms with E-state index in [1.54, 1.807) is 12.1 Å². The number of morpholine rings is 1. The van der Waals surface area contributed by atoms with E-state index in [0.717, 1.165) is 11.1 Å². The van der Waals surface area contributed by atoms with Gasteiger partial charge in [0, 0.05) is 13.1 Å². The van der Waals surface area contributed by atoms with Gasteiger partial charge in [0.05, 0.1) is 18.1 Å². The fourth-order valence-electron chi connectivity index (χ4n) is 2.46. The second-order valence-corrected chi connectivity index (χ2v) is 7.08. The van der Waals surface area contributed by atoms with Crippen LogP contribution in [0.5, 0.6) is 0 Å². The summed E-state index contributed by atoms with van der Waals surface area (Å²) in [7, 11) is -3.89. The van der Waals surface area contributed by atoms with Crippen LogP contribution >= 0.6 is 0 Å². The Hall–Kier alpha value is -2.38. The number of carbonyl (C=O) groups is 1. The number of sulfonamides is 1. The molecule has 0 aliphatic carbocycles. The molecule has 1 fully saturated rings. The van der Waals surface area contributed by atoms with Crippen LogP contribution in [0, 0.1) is 0 Å². The topological polar surface area (TPSA) is 75.7 Å². The van der Waals surface area contributed by atoms with Crippen molar-refractivity contribution in [3.63, 3.8) is 0 Å². The molecule has 24 heavy (non-hydrogen) atoms. The summed E-state index contributed by atoms with van der Waals surface area (Å²) in [6.45, 7) is 1.60. The second-order valence-electron chi connectivity index (χ2n) is 5.40. The first-order valence-corrected chi connectivity index (χ1v) is 9.09. The molecule has 1 heterocycles. The van der Waals surface area contributed by atoms with Crippen LogP contribution < -0.4 is 4.72 Å². The lowest BCUT2D eigenvalue weighted by molar-refractivity contribution is 0.0545. The van der Waals surface area contributed by atoms with Gasteiger partial charge < -0.3 is 9.64 Å². The highest BCUT2D eigenvalue weighted by Gasteiger charge is 2.23. The van der Waals surface area contributed by atoms with Crippen molar-refractivity contribution < 1.29 is 17.9 Å². The zero-order valence-corrected chi connectivity index (χ0v) is 13.8. The van der Waals surface area contributed by atoms with E-state index in [-0.39, 0.29) is 4.90 Å². The lowest BCUT2D eigenvalue weighted by Gasteiger charge is -2.26. The van der Waals surface area contributed by atoms with Gasteiger partial charge in [0.1, 0.15) is 0 Å². The van der Waals surface area contributed by atoms with Crippen molar-refractivity contribution >= 4 is 16.1 Å². The van der Waals surface area contributed by atoms with Gasteiger partial charge in [-0.2, -0.15) is 0 Å². The molecule has 1 N–H and O–H groups in total. The molecule has 2 aromatic carbocycles. The average molecular weight is 346 g/mol. The summed E-state index contributed by atoms with van der Waals surface area (Å²) < 4.78 is 31.9. The molecule has 1 aliphatic heterocycles. The van der Waals surface area contributed by atoms with Crippen LogP contribution in [0.4, 0.5) is 4.79 Å². The minimum absolute atomic E-state index is 0.0591. The van der Waals surface area contributed by atoms with Gasteiger partial charge in [-0.15, -0.1) is 0 Å². The molecule has 1 saturated heterocycles. The molecule has 0 saturated carbocycles. The zero-order valence-electron chi connectivity index (χ0n) is 13.0. The number of carbonyl (C=O) groups excluding carboxylic acids is 1. The third kappa shape index (κ3) is 3.74. The molecule has 126 valence electrons. The van der Waals surface area contributed by atoms with Crippen LogP contribution in [0.15, 0.2) is 59.5 Å². The minimum atomic E-state index is -3.89. The van der Waals surface area contributed by atoms with Gasteiger partial charge in [0.25, 0.3) is 10.0 Å². The number of urea groups is 1. The minimum Gasteiger partial charge on any atom is -0.378 e. The van der Waals surface area contributed by atoms with Crippen molar-refractivity contribution in [2.45, 2.75) is 4.90 Å². The van der Waals surface area contributed by atoms with Crippen molar-refractivity contribution in [1.29, 1.82) is 0 Å². The zero-order chi connectivity index (χ0) is 17.0. The Balaban J connectivity index is 1.73. The molecule has 0 aromatic heterocycles. The van der Waals surface area contributed by atoms with E-state index in [2.05, 4.69) is 4.72 Å². The molecular weight excluding hydrogens is 328 g/mol. The highest BCUT2D eigenvalue weighted by molar-refractivity contribution is 7.90. The molecule has 0 atom stereocenters. The van der Waals surface area contributed by atoms with E-state index in [1.165, 1.54) is 17.0 Å². The van der Waals surface area contributed by atoms with E-state index in [9.17, 15) is 13.2 Å². The molecule has 3 rings (SSSR count). The largest absolute Gasteiger partial charge is 0.378 e. The second kappa shape index (κ2) is 7.02. The number of nitrogens with one attached hydrogen (secondary N) is 1. The molecule has 1 aliphatic rings. The van der Waals surface area contributed by atoms with E-state index in [0.29, 0.717) is 26.3 Å². The lowest BCUT2D eigenvalue weighted by atomic mass is 10.1. The molecule has 6 nitrogen and oxygen atoms in total. The Morgan fingerprint density at radius 1 is 0.917 bits per heavy atom. The molecular formula is C17H18N2O4S. The quantitative estimate of drug-likeness (QED) is 0.923. The van der Waals surface area contributed by atoms with Gasteiger partial charge in [0.15, 0.2) is 0 Å². The molecule has 0 bridgehead atoms. The number of amides is 2. The number of benzene rings is 2. The Morgan fingerprint density at radius 3 is 2.12 bits per heavy atom. The van der Waals surface area contributed by atoms with E-state index in [1.807, 2.05) is 30.3 Å². The van der Waals surface area contributed by atoms with Crippen molar-refractivity contribution in [3.8, 4) is 11.1 Å². The maximum Gasteiger partial charge on any atom is 0.331 e.